The highest BCUT2D eigenvalue weighted by atomic mass is 35.5. The standard InChI is InChI=1S/C13H13ClN2OS/c1-9-4-6-18-12(9)8-16(2)13(17)10-3-5-15-7-11(10)14/h3-7H,8H2,1-2H3. The Bertz CT molecular complexity index is 568. The second-order valence-corrected chi connectivity index (χ2v) is 5.45. The molecule has 0 aliphatic rings. The summed E-state index contributed by atoms with van der Waals surface area (Å²) >= 11 is 7.62. The number of carbonyl (C=O) groups is 1. The van der Waals surface area contributed by atoms with Crippen molar-refractivity contribution in [2.45, 2.75) is 13.5 Å². The number of nitrogens with zero attached hydrogens (tertiary/aromatic N) is 2. The second-order valence-electron chi connectivity index (χ2n) is 4.04. The van der Waals surface area contributed by atoms with Gasteiger partial charge in [-0.2, -0.15) is 0 Å². The lowest BCUT2D eigenvalue weighted by molar-refractivity contribution is 0.0786. The summed E-state index contributed by atoms with van der Waals surface area (Å²) in [5.74, 6) is -0.0878. The van der Waals surface area contributed by atoms with Gasteiger partial charge in [0.05, 0.1) is 17.1 Å². The number of rotatable bonds is 3. The van der Waals surface area contributed by atoms with Crippen LogP contribution in [0.1, 0.15) is 20.8 Å². The number of carbonyl (C=O) groups excluding carboxylic acids is 1. The summed E-state index contributed by atoms with van der Waals surface area (Å²) in [4.78, 5) is 19.0. The van der Waals surface area contributed by atoms with Gasteiger partial charge < -0.3 is 4.90 Å². The number of halogens is 1. The first kappa shape index (κ1) is 13.1. The summed E-state index contributed by atoms with van der Waals surface area (Å²) in [7, 11) is 1.78. The van der Waals surface area contributed by atoms with E-state index in [1.807, 2.05) is 12.3 Å². The van der Waals surface area contributed by atoms with Gasteiger partial charge in [0.15, 0.2) is 0 Å². The lowest BCUT2D eigenvalue weighted by Crippen LogP contribution is -2.26. The molecule has 2 rings (SSSR count). The van der Waals surface area contributed by atoms with E-state index in [0.29, 0.717) is 17.1 Å². The first-order chi connectivity index (χ1) is 8.59. The van der Waals surface area contributed by atoms with Crippen LogP contribution in [0.15, 0.2) is 29.9 Å². The summed E-state index contributed by atoms with van der Waals surface area (Å²) in [6.45, 7) is 2.64. The molecule has 2 heterocycles. The van der Waals surface area contributed by atoms with Crippen molar-refractivity contribution < 1.29 is 4.79 Å². The van der Waals surface area contributed by atoms with Crippen LogP contribution in [0.5, 0.6) is 0 Å². The molecule has 0 aliphatic heterocycles. The summed E-state index contributed by atoms with van der Waals surface area (Å²) in [5, 5.41) is 2.42. The fourth-order valence-electron chi connectivity index (χ4n) is 1.61. The predicted octanol–water partition coefficient (Wildman–Crippen LogP) is 3.38. The third-order valence-corrected chi connectivity index (χ3v) is 4.01. The summed E-state index contributed by atoms with van der Waals surface area (Å²) in [5.41, 5.74) is 1.70. The molecule has 0 fully saturated rings. The van der Waals surface area contributed by atoms with E-state index in [2.05, 4.69) is 11.1 Å². The quantitative estimate of drug-likeness (QED) is 0.863. The van der Waals surface area contributed by atoms with E-state index in [1.165, 1.54) is 16.6 Å². The Morgan fingerprint density at radius 2 is 2.28 bits per heavy atom. The van der Waals surface area contributed by atoms with Gasteiger partial charge in [0, 0.05) is 24.3 Å². The molecule has 0 spiro atoms. The number of pyridine rings is 1. The van der Waals surface area contributed by atoms with Crippen molar-refractivity contribution in [3.8, 4) is 0 Å². The normalized spacial score (nSPS) is 10.4. The van der Waals surface area contributed by atoms with E-state index >= 15 is 0 Å². The molecule has 18 heavy (non-hydrogen) atoms. The molecule has 0 unspecified atom stereocenters. The molecule has 3 nitrogen and oxygen atoms in total. The van der Waals surface area contributed by atoms with Gasteiger partial charge >= 0.3 is 0 Å². The highest BCUT2D eigenvalue weighted by Gasteiger charge is 2.16. The fourth-order valence-corrected chi connectivity index (χ4v) is 2.77. The molecule has 1 amide bonds. The van der Waals surface area contributed by atoms with Crippen molar-refractivity contribution >= 4 is 28.8 Å². The Morgan fingerprint density at radius 3 is 2.89 bits per heavy atom. The molecule has 0 bridgehead atoms. The maximum atomic E-state index is 12.2. The van der Waals surface area contributed by atoms with E-state index in [0.717, 1.165) is 0 Å². The van der Waals surface area contributed by atoms with Crippen molar-refractivity contribution in [2.75, 3.05) is 7.05 Å². The van der Waals surface area contributed by atoms with Crippen molar-refractivity contribution in [1.82, 2.24) is 9.88 Å². The average molecular weight is 281 g/mol. The Labute approximate surface area is 115 Å². The molecule has 0 aromatic carbocycles. The zero-order valence-electron chi connectivity index (χ0n) is 10.2. The number of hydrogen-bond acceptors (Lipinski definition) is 3. The number of aromatic nitrogens is 1. The van der Waals surface area contributed by atoms with Crippen LogP contribution in [0.25, 0.3) is 0 Å². The molecule has 0 saturated carbocycles. The van der Waals surface area contributed by atoms with Gasteiger partial charge in [-0.3, -0.25) is 9.78 Å². The minimum absolute atomic E-state index is 0.0878. The van der Waals surface area contributed by atoms with Crippen LogP contribution < -0.4 is 0 Å². The molecule has 0 aliphatic carbocycles. The summed E-state index contributed by atoms with van der Waals surface area (Å²) in [6.07, 6.45) is 3.06. The minimum atomic E-state index is -0.0878. The molecule has 0 N–H and O–H groups in total. The van der Waals surface area contributed by atoms with Gasteiger partial charge in [-0.25, -0.2) is 0 Å². The first-order valence-corrected chi connectivity index (χ1v) is 6.73. The first-order valence-electron chi connectivity index (χ1n) is 5.47. The van der Waals surface area contributed by atoms with Crippen LogP contribution in [0.2, 0.25) is 5.02 Å². The van der Waals surface area contributed by atoms with Crippen molar-refractivity contribution in [2.24, 2.45) is 0 Å². The Hall–Kier alpha value is -1.39. The number of hydrogen-bond donors (Lipinski definition) is 0. The molecule has 2 aromatic heterocycles. The maximum absolute atomic E-state index is 12.2. The number of thiophene rings is 1. The molecule has 5 heteroatoms. The monoisotopic (exact) mass is 280 g/mol. The molecule has 0 saturated heterocycles. The van der Waals surface area contributed by atoms with Crippen LogP contribution in [0.4, 0.5) is 0 Å². The SMILES string of the molecule is Cc1ccsc1CN(C)C(=O)c1ccncc1Cl. The van der Waals surface area contributed by atoms with Crippen LogP contribution in [0.3, 0.4) is 0 Å². The second kappa shape index (κ2) is 5.50. The molecule has 94 valence electrons. The number of aryl methyl sites for hydroxylation is 1. The lowest BCUT2D eigenvalue weighted by atomic mass is 10.2. The van der Waals surface area contributed by atoms with Gasteiger partial charge in [0.1, 0.15) is 0 Å². The zero-order valence-corrected chi connectivity index (χ0v) is 11.8. The fraction of sp³-hybridized carbons (Fsp3) is 0.231. The molecular formula is C13H13ClN2OS. The van der Waals surface area contributed by atoms with Gasteiger partial charge in [0.25, 0.3) is 5.91 Å². The van der Waals surface area contributed by atoms with Crippen molar-refractivity contribution in [3.05, 3.63) is 50.9 Å². The molecule has 0 atom stereocenters. The predicted molar refractivity (Wildman–Crippen MR) is 74.1 cm³/mol. The molecule has 0 radical (unpaired) electrons. The highest BCUT2D eigenvalue weighted by molar-refractivity contribution is 7.10. The maximum Gasteiger partial charge on any atom is 0.255 e. The van der Waals surface area contributed by atoms with E-state index in [9.17, 15) is 4.79 Å². The molecule has 2 aromatic rings. The number of amides is 1. The summed E-state index contributed by atoms with van der Waals surface area (Å²) in [6, 6.07) is 3.69. The lowest BCUT2D eigenvalue weighted by Gasteiger charge is -2.17. The van der Waals surface area contributed by atoms with Crippen molar-refractivity contribution in [1.29, 1.82) is 0 Å². The third kappa shape index (κ3) is 2.71. The van der Waals surface area contributed by atoms with Crippen LogP contribution >= 0.6 is 22.9 Å². The minimum Gasteiger partial charge on any atom is -0.337 e. The topological polar surface area (TPSA) is 33.2 Å². The smallest absolute Gasteiger partial charge is 0.255 e. The highest BCUT2D eigenvalue weighted by Crippen LogP contribution is 2.20. The van der Waals surface area contributed by atoms with E-state index < -0.39 is 0 Å². The molecular weight excluding hydrogens is 268 g/mol. The Kier molecular flexibility index (Phi) is 3.99. The van der Waals surface area contributed by atoms with Crippen LogP contribution in [-0.4, -0.2) is 22.8 Å². The van der Waals surface area contributed by atoms with Gasteiger partial charge in [-0.15, -0.1) is 11.3 Å². The van der Waals surface area contributed by atoms with E-state index in [1.54, 1.807) is 35.5 Å². The summed E-state index contributed by atoms with van der Waals surface area (Å²) < 4.78 is 0. The van der Waals surface area contributed by atoms with Crippen molar-refractivity contribution in [3.63, 3.8) is 0 Å². The average Bonchev–Trinajstić information content (AvgIpc) is 2.75. The van der Waals surface area contributed by atoms with Gasteiger partial charge in [-0.05, 0) is 30.0 Å². The van der Waals surface area contributed by atoms with E-state index in [-0.39, 0.29) is 5.91 Å². The van der Waals surface area contributed by atoms with Crippen LogP contribution in [-0.2, 0) is 6.54 Å². The van der Waals surface area contributed by atoms with Crippen LogP contribution in [0, 0.1) is 6.92 Å². The van der Waals surface area contributed by atoms with Gasteiger partial charge in [0.2, 0.25) is 0 Å². The Balaban J connectivity index is 2.15. The largest absolute Gasteiger partial charge is 0.337 e. The van der Waals surface area contributed by atoms with Gasteiger partial charge in [-0.1, -0.05) is 11.6 Å². The third-order valence-electron chi connectivity index (χ3n) is 2.70. The Morgan fingerprint density at radius 1 is 1.50 bits per heavy atom. The van der Waals surface area contributed by atoms with E-state index in [4.69, 9.17) is 11.6 Å². The zero-order chi connectivity index (χ0) is 13.1.